The normalized spacial score (nSPS) is 18.1. The summed E-state index contributed by atoms with van der Waals surface area (Å²) in [6.07, 6.45) is 3.10. The van der Waals surface area contributed by atoms with E-state index < -0.39 is 5.82 Å². The number of benzene rings is 1. The molecule has 3 aliphatic rings. The molecule has 1 aliphatic carbocycles. The molecular formula is C30H37ClFN9O2. The molecule has 3 fully saturated rings. The summed E-state index contributed by atoms with van der Waals surface area (Å²) >= 11 is 5.90. The van der Waals surface area contributed by atoms with Crippen molar-refractivity contribution in [2.45, 2.75) is 45.6 Å². The van der Waals surface area contributed by atoms with Crippen LogP contribution in [0.5, 0.6) is 0 Å². The summed E-state index contributed by atoms with van der Waals surface area (Å²) in [5, 5.41) is 11.2. The zero-order valence-corrected chi connectivity index (χ0v) is 25.3. The molecule has 43 heavy (non-hydrogen) atoms. The Balaban J connectivity index is 1.19. The SMILES string of the molecule is CCN1CCN(c2cc(Nc3cc(C)nn3C(=O)C3CC3)nc(NC3CCN(C(=O)c4cccc(Cl)c4F)CC3)n2)CC1. The third-order valence-electron chi connectivity index (χ3n) is 8.38. The quantitative estimate of drug-likeness (QED) is 0.383. The van der Waals surface area contributed by atoms with Gasteiger partial charge in [-0.25, -0.2) is 4.39 Å². The van der Waals surface area contributed by atoms with E-state index in [9.17, 15) is 14.0 Å². The lowest BCUT2D eigenvalue weighted by Crippen LogP contribution is -2.46. The number of aryl methyl sites for hydroxylation is 1. The van der Waals surface area contributed by atoms with Gasteiger partial charge in [0, 0.05) is 63.4 Å². The fourth-order valence-electron chi connectivity index (χ4n) is 5.66. The van der Waals surface area contributed by atoms with Crippen molar-refractivity contribution in [2.24, 2.45) is 5.92 Å². The predicted octanol–water partition coefficient (Wildman–Crippen LogP) is 4.43. The minimum Gasteiger partial charge on any atom is -0.354 e. The summed E-state index contributed by atoms with van der Waals surface area (Å²) in [6, 6.07) is 8.28. The highest BCUT2D eigenvalue weighted by atomic mass is 35.5. The summed E-state index contributed by atoms with van der Waals surface area (Å²) in [5.74, 6) is 1.41. The summed E-state index contributed by atoms with van der Waals surface area (Å²) in [4.78, 5) is 41.8. The van der Waals surface area contributed by atoms with Crippen LogP contribution in [0.15, 0.2) is 30.3 Å². The Kier molecular flexibility index (Phi) is 8.49. The van der Waals surface area contributed by atoms with Crippen molar-refractivity contribution in [3.8, 4) is 0 Å². The van der Waals surface area contributed by atoms with E-state index in [-0.39, 0.29) is 34.4 Å². The average Bonchev–Trinajstić information content (AvgIpc) is 3.80. The molecule has 0 radical (unpaired) electrons. The van der Waals surface area contributed by atoms with Gasteiger partial charge < -0.3 is 25.3 Å². The van der Waals surface area contributed by atoms with Crippen LogP contribution < -0.4 is 15.5 Å². The molecule has 0 spiro atoms. The zero-order valence-electron chi connectivity index (χ0n) is 24.5. The Labute approximate surface area is 255 Å². The second kappa shape index (κ2) is 12.5. The number of nitrogens with one attached hydrogen (secondary N) is 2. The monoisotopic (exact) mass is 609 g/mol. The molecule has 4 heterocycles. The molecule has 2 aliphatic heterocycles. The molecular weight excluding hydrogens is 573 g/mol. The minimum absolute atomic E-state index is 0.00196. The highest BCUT2D eigenvalue weighted by Crippen LogP contribution is 2.32. The number of piperidine rings is 1. The Bertz CT molecular complexity index is 1490. The maximum atomic E-state index is 14.5. The number of halogens is 2. The van der Waals surface area contributed by atoms with Gasteiger partial charge in [0.25, 0.3) is 11.8 Å². The van der Waals surface area contributed by atoms with Crippen LogP contribution >= 0.6 is 11.6 Å². The van der Waals surface area contributed by atoms with Gasteiger partial charge in [0.05, 0.1) is 16.3 Å². The van der Waals surface area contributed by atoms with Crippen molar-refractivity contribution >= 4 is 46.8 Å². The lowest BCUT2D eigenvalue weighted by atomic mass is 10.0. The van der Waals surface area contributed by atoms with E-state index in [1.54, 1.807) is 11.0 Å². The third kappa shape index (κ3) is 6.59. The summed E-state index contributed by atoms with van der Waals surface area (Å²) in [6.45, 7) is 9.58. The van der Waals surface area contributed by atoms with Gasteiger partial charge >= 0.3 is 0 Å². The Morgan fingerprint density at radius 2 is 1.77 bits per heavy atom. The average molecular weight is 610 g/mol. The molecule has 13 heteroatoms. The number of hydrogen-bond acceptors (Lipinski definition) is 9. The number of carbonyl (C=O) groups is 2. The highest BCUT2D eigenvalue weighted by molar-refractivity contribution is 6.31. The number of nitrogens with zero attached hydrogens (tertiary/aromatic N) is 7. The number of aromatic nitrogens is 4. The molecule has 1 aromatic carbocycles. The van der Waals surface area contributed by atoms with Gasteiger partial charge in [0.15, 0.2) is 5.82 Å². The fourth-order valence-corrected chi connectivity index (χ4v) is 5.83. The number of amides is 1. The van der Waals surface area contributed by atoms with Crippen LogP contribution in [0.25, 0.3) is 0 Å². The van der Waals surface area contributed by atoms with Crippen LogP contribution in [0.1, 0.15) is 53.5 Å². The molecule has 0 unspecified atom stereocenters. The van der Waals surface area contributed by atoms with Gasteiger partial charge in [0.1, 0.15) is 17.5 Å². The third-order valence-corrected chi connectivity index (χ3v) is 8.67. The van der Waals surface area contributed by atoms with Crippen LogP contribution in [-0.2, 0) is 0 Å². The van der Waals surface area contributed by atoms with Crippen molar-refractivity contribution < 1.29 is 14.0 Å². The first-order valence-electron chi connectivity index (χ1n) is 15.0. The standard InChI is InChI=1S/C30H37ClFN9O2/c1-3-38-13-15-39(16-14-38)25-18-24(34-26-17-19(2)37-41(26)28(42)20-7-8-20)35-30(36-25)33-21-9-11-40(12-10-21)29(43)22-5-4-6-23(31)27(22)32/h4-6,17-18,20-21H,3,7-16H2,1-2H3,(H2,33,34,35,36). The molecule has 1 amide bonds. The van der Waals surface area contributed by atoms with E-state index >= 15 is 0 Å². The molecule has 6 rings (SSSR count). The zero-order chi connectivity index (χ0) is 30.1. The van der Waals surface area contributed by atoms with Gasteiger partial charge in [-0.05, 0) is 51.3 Å². The first-order chi connectivity index (χ1) is 20.8. The number of rotatable bonds is 8. The Morgan fingerprint density at radius 3 is 2.47 bits per heavy atom. The van der Waals surface area contributed by atoms with E-state index in [0.717, 1.165) is 57.1 Å². The first kappa shape index (κ1) is 29.3. The predicted molar refractivity (Wildman–Crippen MR) is 164 cm³/mol. The maximum absolute atomic E-state index is 14.5. The van der Waals surface area contributed by atoms with Crippen molar-refractivity contribution in [3.63, 3.8) is 0 Å². The van der Waals surface area contributed by atoms with Crippen LogP contribution in [0.4, 0.5) is 27.8 Å². The topological polar surface area (TPSA) is 112 Å². The lowest BCUT2D eigenvalue weighted by molar-refractivity contribution is 0.0713. The van der Waals surface area contributed by atoms with Crippen molar-refractivity contribution in [3.05, 3.63) is 52.4 Å². The van der Waals surface area contributed by atoms with E-state index in [4.69, 9.17) is 21.6 Å². The largest absolute Gasteiger partial charge is 0.354 e. The van der Waals surface area contributed by atoms with Gasteiger partial charge in [-0.3, -0.25) is 9.59 Å². The van der Waals surface area contributed by atoms with Crippen molar-refractivity contribution in [1.82, 2.24) is 29.5 Å². The minimum atomic E-state index is -0.685. The first-order valence-corrected chi connectivity index (χ1v) is 15.4. The van der Waals surface area contributed by atoms with E-state index in [2.05, 4.69) is 32.5 Å². The number of piperazine rings is 1. The summed E-state index contributed by atoms with van der Waals surface area (Å²) in [7, 11) is 0. The van der Waals surface area contributed by atoms with Gasteiger partial charge in [-0.15, -0.1) is 0 Å². The fraction of sp³-hybridized carbons (Fsp3) is 0.500. The number of likely N-dealkylation sites (tertiary alicyclic amines) is 1. The van der Waals surface area contributed by atoms with Crippen LogP contribution in [0.2, 0.25) is 5.02 Å². The van der Waals surface area contributed by atoms with Crippen LogP contribution in [-0.4, -0.2) is 93.2 Å². The molecule has 0 bridgehead atoms. The number of anilines is 4. The maximum Gasteiger partial charge on any atom is 0.256 e. The Hall–Kier alpha value is -3.77. The van der Waals surface area contributed by atoms with E-state index in [1.165, 1.54) is 16.8 Å². The highest BCUT2D eigenvalue weighted by Gasteiger charge is 2.33. The molecule has 228 valence electrons. The number of hydrogen-bond donors (Lipinski definition) is 2. The summed E-state index contributed by atoms with van der Waals surface area (Å²) < 4.78 is 15.9. The van der Waals surface area contributed by atoms with Crippen LogP contribution in [0.3, 0.4) is 0 Å². The summed E-state index contributed by atoms with van der Waals surface area (Å²) in [5.41, 5.74) is 0.738. The van der Waals surface area contributed by atoms with E-state index in [1.807, 2.05) is 19.1 Å². The Morgan fingerprint density at radius 1 is 1.02 bits per heavy atom. The van der Waals surface area contributed by atoms with Crippen molar-refractivity contribution in [1.29, 1.82) is 0 Å². The molecule has 0 atom stereocenters. The van der Waals surface area contributed by atoms with Crippen molar-refractivity contribution in [2.75, 3.05) is 61.3 Å². The second-order valence-electron chi connectivity index (χ2n) is 11.5. The molecule has 1 saturated carbocycles. The van der Waals surface area contributed by atoms with Gasteiger partial charge in [-0.2, -0.15) is 19.7 Å². The second-order valence-corrected chi connectivity index (χ2v) is 11.9. The van der Waals surface area contributed by atoms with Gasteiger partial charge in [0.2, 0.25) is 5.95 Å². The molecule has 2 aromatic heterocycles. The lowest BCUT2D eigenvalue weighted by Gasteiger charge is -2.35. The van der Waals surface area contributed by atoms with E-state index in [0.29, 0.717) is 43.5 Å². The molecule has 2 N–H and O–H groups in total. The smallest absolute Gasteiger partial charge is 0.256 e. The van der Waals surface area contributed by atoms with Crippen LogP contribution in [0, 0.1) is 18.7 Å². The molecule has 3 aromatic rings. The number of likely N-dealkylation sites (N-methyl/N-ethyl adjacent to an activating group) is 1. The number of carbonyl (C=O) groups excluding carboxylic acids is 2. The van der Waals surface area contributed by atoms with Gasteiger partial charge in [-0.1, -0.05) is 24.6 Å². The molecule has 2 saturated heterocycles. The molecule has 11 nitrogen and oxygen atoms in total.